The first kappa shape index (κ1) is 19.6. The molecule has 5 heteroatoms. The van der Waals surface area contributed by atoms with Crippen LogP contribution in [-0.2, 0) is 0 Å². The van der Waals surface area contributed by atoms with E-state index >= 15 is 0 Å². The number of ether oxygens (including phenoxy) is 1. The predicted octanol–water partition coefficient (Wildman–Crippen LogP) is 3.04. The lowest BCUT2D eigenvalue weighted by atomic mass is 10.0. The number of hydrogen-bond acceptors (Lipinski definition) is 3. The minimum atomic E-state index is 0.251. The SMILES string of the molecule is CCNC(=NCC(c1cccc(OC)c1)N(CC)CC)NCC1CC1. The van der Waals surface area contributed by atoms with Crippen LogP contribution in [0.5, 0.6) is 5.75 Å². The summed E-state index contributed by atoms with van der Waals surface area (Å²) in [5.74, 6) is 2.66. The molecule has 2 rings (SSSR count). The number of benzene rings is 1. The second-order valence-corrected chi connectivity index (χ2v) is 6.56. The molecule has 1 unspecified atom stereocenters. The molecule has 1 aromatic carbocycles. The Hall–Kier alpha value is -1.75. The highest BCUT2D eigenvalue weighted by Gasteiger charge is 2.22. The van der Waals surface area contributed by atoms with Gasteiger partial charge in [0.2, 0.25) is 0 Å². The zero-order chi connectivity index (χ0) is 18.1. The van der Waals surface area contributed by atoms with E-state index in [1.165, 1.54) is 18.4 Å². The molecule has 0 heterocycles. The molecule has 0 aromatic heterocycles. The number of aliphatic imine (C=N–C) groups is 1. The molecule has 25 heavy (non-hydrogen) atoms. The molecule has 5 nitrogen and oxygen atoms in total. The largest absolute Gasteiger partial charge is 0.497 e. The normalized spacial score (nSPS) is 16.0. The number of guanidine groups is 1. The van der Waals surface area contributed by atoms with E-state index < -0.39 is 0 Å². The van der Waals surface area contributed by atoms with Gasteiger partial charge in [0.1, 0.15) is 5.75 Å². The van der Waals surface area contributed by atoms with Crippen LogP contribution < -0.4 is 15.4 Å². The lowest BCUT2D eigenvalue weighted by molar-refractivity contribution is 0.224. The van der Waals surface area contributed by atoms with Crippen molar-refractivity contribution >= 4 is 5.96 Å². The Balaban J connectivity index is 2.13. The molecular weight excluding hydrogens is 312 g/mol. The molecule has 1 aliphatic rings. The zero-order valence-corrected chi connectivity index (χ0v) is 16.2. The maximum absolute atomic E-state index is 5.41. The van der Waals surface area contributed by atoms with Crippen LogP contribution in [0.15, 0.2) is 29.3 Å². The highest BCUT2D eigenvalue weighted by molar-refractivity contribution is 5.79. The highest BCUT2D eigenvalue weighted by Crippen LogP contribution is 2.27. The van der Waals surface area contributed by atoms with Gasteiger partial charge in [-0.25, -0.2) is 0 Å². The van der Waals surface area contributed by atoms with Crippen molar-refractivity contribution in [2.24, 2.45) is 10.9 Å². The van der Waals surface area contributed by atoms with Crippen molar-refractivity contribution in [2.75, 3.05) is 39.8 Å². The third-order valence-electron chi connectivity index (χ3n) is 4.75. The van der Waals surface area contributed by atoms with Gasteiger partial charge in [0, 0.05) is 13.1 Å². The maximum atomic E-state index is 5.41. The van der Waals surface area contributed by atoms with E-state index in [0.717, 1.165) is 50.4 Å². The number of likely N-dealkylation sites (N-methyl/N-ethyl adjacent to an activating group) is 1. The molecule has 0 saturated heterocycles. The molecule has 2 N–H and O–H groups in total. The van der Waals surface area contributed by atoms with Crippen molar-refractivity contribution in [3.63, 3.8) is 0 Å². The standard InChI is InChI=1S/C20H34N4O/c1-5-21-20(22-14-16-11-12-16)23-15-19(24(6-2)7-3)17-9-8-10-18(13-17)25-4/h8-10,13,16,19H,5-7,11-12,14-15H2,1-4H3,(H2,21,22,23). The van der Waals surface area contributed by atoms with E-state index in [0.29, 0.717) is 0 Å². The van der Waals surface area contributed by atoms with Crippen molar-refractivity contribution in [1.29, 1.82) is 0 Å². The summed E-state index contributed by atoms with van der Waals surface area (Å²) in [6.07, 6.45) is 2.69. The summed E-state index contributed by atoms with van der Waals surface area (Å²) in [6, 6.07) is 8.61. The number of methoxy groups -OCH3 is 1. The molecular formula is C20H34N4O. The smallest absolute Gasteiger partial charge is 0.191 e. The quantitative estimate of drug-likeness (QED) is 0.505. The molecule has 1 fully saturated rings. The third-order valence-corrected chi connectivity index (χ3v) is 4.75. The molecule has 1 saturated carbocycles. The van der Waals surface area contributed by atoms with E-state index in [4.69, 9.17) is 9.73 Å². The van der Waals surface area contributed by atoms with Gasteiger partial charge in [0.25, 0.3) is 0 Å². The molecule has 1 atom stereocenters. The van der Waals surface area contributed by atoms with Crippen LogP contribution in [0.25, 0.3) is 0 Å². The number of hydrogen-bond donors (Lipinski definition) is 2. The molecule has 0 bridgehead atoms. The second-order valence-electron chi connectivity index (χ2n) is 6.56. The maximum Gasteiger partial charge on any atom is 0.191 e. The Morgan fingerprint density at radius 3 is 2.60 bits per heavy atom. The monoisotopic (exact) mass is 346 g/mol. The fourth-order valence-electron chi connectivity index (χ4n) is 3.03. The summed E-state index contributed by atoms with van der Waals surface area (Å²) in [7, 11) is 1.72. The summed E-state index contributed by atoms with van der Waals surface area (Å²) < 4.78 is 5.41. The van der Waals surface area contributed by atoms with Gasteiger partial charge in [-0.05, 0) is 56.5 Å². The number of nitrogens with one attached hydrogen (secondary N) is 2. The van der Waals surface area contributed by atoms with Crippen LogP contribution in [0, 0.1) is 5.92 Å². The van der Waals surface area contributed by atoms with Gasteiger partial charge in [-0.15, -0.1) is 0 Å². The number of rotatable bonds is 10. The second kappa shape index (κ2) is 10.3. The molecule has 0 radical (unpaired) electrons. The van der Waals surface area contributed by atoms with Crippen LogP contribution in [0.2, 0.25) is 0 Å². The van der Waals surface area contributed by atoms with Crippen LogP contribution in [0.3, 0.4) is 0 Å². The van der Waals surface area contributed by atoms with Crippen LogP contribution >= 0.6 is 0 Å². The lowest BCUT2D eigenvalue weighted by Gasteiger charge is -2.29. The van der Waals surface area contributed by atoms with Gasteiger partial charge in [-0.3, -0.25) is 9.89 Å². The van der Waals surface area contributed by atoms with Gasteiger partial charge in [0.05, 0.1) is 19.7 Å². The first-order chi connectivity index (χ1) is 12.2. The molecule has 0 spiro atoms. The first-order valence-corrected chi connectivity index (χ1v) is 9.61. The van der Waals surface area contributed by atoms with Crippen molar-refractivity contribution in [3.05, 3.63) is 29.8 Å². The van der Waals surface area contributed by atoms with Crippen molar-refractivity contribution in [1.82, 2.24) is 15.5 Å². The summed E-state index contributed by atoms with van der Waals surface area (Å²) in [6.45, 7) is 11.2. The van der Waals surface area contributed by atoms with Crippen molar-refractivity contribution in [3.8, 4) is 5.75 Å². The highest BCUT2D eigenvalue weighted by atomic mass is 16.5. The molecule has 1 aromatic rings. The lowest BCUT2D eigenvalue weighted by Crippen LogP contribution is -2.39. The summed E-state index contributed by atoms with van der Waals surface area (Å²) in [5, 5.41) is 6.85. The first-order valence-electron chi connectivity index (χ1n) is 9.61. The molecule has 0 aliphatic heterocycles. The van der Waals surface area contributed by atoms with Crippen molar-refractivity contribution < 1.29 is 4.74 Å². The average molecular weight is 347 g/mol. The van der Waals surface area contributed by atoms with Gasteiger partial charge in [0.15, 0.2) is 5.96 Å². The van der Waals surface area contributed by atoms with Gasteiger partial charge >= 0.3 is 0 Å². The van der Waals surface area contributed by atoms with Crippen LogP contribution in [0.4, 0.5) is 0 Å². The summed E-state index contributed by atoms with van der Waals surface area (Å²) >= 11 is 0. The Morgan fingerprint density at radius 1 is 1.24 bits per heavy atom. The van der Waals surface area contributed by atoms with Crippen molar-refractivity contribution in [2.45, 2.75) is 39.7 Å². The predicted molar refractivity (Wildman–Crippen MR) is 105 cm³/mol. The molecule has 140 valence electrons. The summed E-state index contributed by atoms with van der Waals surface area (Å²) in [5.41, 5.74) is 1.25. The van der Waals surface area contributed by atoms with E-state index in [-0.39, 0.29) is 6.04 Å². The molecule has 0 amide bonds. The topological polar surface area (TPSA) is 48.9 Å². The Bertz CT molecular complexity index is 538. The Morgan fingerprint density at radius 2 is 2.00 bits per heavy atom. The fraction of sp³-hybridized carbons (Fsp3) is 0.650. The Labute approximate surface area is 152 Å². The zero-order valence-electron chi connectivity index (χ0n) is 16.2. The van der Waals surface area contributed by atoms with Crippen LogP contribution in [0.1, 0.15) is 45.2 Å². The molecule has 1 aliphatic carbocycles. The minimum Gasteiger partial charge on any atom is -0.497 e. The van der Waals surface area contributed by atoms with Gasteiger partial charge < -0.3 is 15.4 Å². The van der Waals surface area contributed by atoms with Gasteiger partial charge in [-0.2, -0.15) is 0 Å². The van der Waals surface area contributed by atoms with Gasteiger partial charge in [-0.1, -0.05) is 26.0 Å². The van der Waals surface area contributed by atoms with E-state index in [2.05, 4.69) is 54.5 Å². The van der Waals surface area contributed by atoms with E-state index in [9.17, 15) is 0 Å². The Kier molecular flexibility index (Phi) is 8.06. The fourth-order valence-corrected chi connectivity index (χ4v) is 3.03. The summed E-state index contributed by atoms with van der Waals surface area (Å²) in [4.78, 5) is 7.32. The number of nitrogens with zero attached hydrogens (tertiary/aromatic N) is 2. The van der Waals surface area contributed by atoms with E-state index in [1.807, 2.05) is 6.07 Å². The third kappa shape index (κ3) is 6.24. The van der Waals surface area contributed by atoms with Crippen LogP contribution in [-0.4, -0.2) is 50.7 Å². The van der Waals surface area contributed by atoms with E-state index in [1.54, 1.807) is 7.11 Å². The average Bonchev–Trinajstić information content (AvgIpc) is 3.47. The minimum absolute atomic E-state index is 0.251.